The molecule has 1 saturated heterocycles. The fourth-order valence-corrected chi connectivity index (χ4v) is 1.72. The standard InChI is InChI=1S/C10H15N3/c1-2-5-13-6-3-10(8-11,9-12)4-7-13/h2-7H2,1H3. The third kappa shape index (κ3) is 2.20. The van der Waals surface area contributed by atoms with E-state index in [9.17, 15) is 0 Å². The molecular weight excluding hydrogens is 162 g/mol. The second-order valence-corrected chi connectivity index (χ2v) is 3.65. The Labute approximate surface area is 79.6 Å². The van der Waals surface area contributed by atoms with E-state index in [0.29, 0.717) is 12.8 Å². The maximum absolute atomic E-state index is 8.87. The third-order valence-electron chi connectivity index (χ3n) is 2.68. The summed E-state index contributed by atoms with van der Waals surface area (Å²) in [6, 6.07) is 4.28. The molecule has 0 unspecified atom stereocenters. The molecule has 0 aromatic carbocycles. The Balaban J connectivity index is 2.48. The van der Waals surface area contributed by atoms with Gasteiger partial charge >= 0.3 is 0 Å². The van der Waals surface area contributed by atoms with Crippen molar-refractivity contribution in [3.63, 3.8) is 0 Å². The van der Waals surface area contributed by atoms with Gasteiger partial charge in [0.05, 0.1) is 12.1 Å². The van der Waals surface area contributed by atoms with Crippen molar-refractivity contribution in [1.82, 2.24) is 4.90 Å². The first-order valence-electron chi connectivity index (χ1n) is 4.81. The van der Waals surface area contributed by atoms with E-state index in [2.05, 4.69) is 24.0 Å². The molecule has 0 amide bonds. The van der Waals surface area contributed by atoms with Crippen molar-refractivity contribution in [3.8, 4) is 12.1 Å². The molecule has 0 aromatic heterocycles. The van der Waals surface area contributed by atoms with Crippen molar-refractivity contribution in [2.24, 2.45) is 5.41 Å². The van der Waals surface area contributed by atoms with Crippen molar-refractivity contribution in [3.05, 3.63) is 0 Å². The van der Waals surface area contributed by atoms with E-state index in [1.807, 2.05) is 0 Å². The van der Waals surface area contributed by atoms with Gasteiger partial charge in [0.25, 0.3) is 0 Å². The molecule has 1 fully saturated rings. The van der Waals surface area contributed by atoms with E-state index >= 15 is 0 Å². The molecule has 0 atom stereocenters. The van der Waals surface area contributed by atoms with Gasteiger partial charge in [0, 0.05) is 13.1 Å². The van der Waals surface area contributed by atoms with Crippen LogP contribution in [0.5, 0.6) is 0 Å². The summed E-state index contributed by atoms with van der Waals surface area (Å²) in [6.45, 7) is 5.04. The maximum atomic E-state index is 8.87. The van der Waals surface area contributed by atoms with Crippen molar-refractivity contribution in [1.29, 1.82) is 10.5 Å². The van der Waals surface area contributed by atoms with E-state index in [1.165, 1.54) is 0 Å². The van der Waals surface area contributed by atoms with Crippen LogP contribution in [-0.2, 0) is 0 Å². The van der Waals surface area contributed by atoms with Gasteiger partial charge in [0.15, 0.2) is 0 Å². The number of piperidine rings is 1. The zero-order valence-electron chi connectivity index (χ0n) is 8.08. The van der Waals surface area contributed by atoms with Gasteiger partial charge in [-0.3, -0.25) is 0 Å². The predicted molar refractivity (Wildman–Crippen MR) is 49.6 cm³/mol. The molecule has 0 N–H and O–H groups in total. The first kappa shape index (κ1) is 10.0. The molecule has 0 radical (unpaired) electrons. The van der Waals surface area contributed by atoms with Crippen LogP contribution in [0.1, 0.15) is 26.2 Å². The summed E-state index contributed by atoms with van der Waals surface area (Å²) in [4.78, 5) is 2.33. The number of rotatable bonds is 2. The van der Waals surface area contributed by atoms with Gasteiger partial charge in [-0.25, -0.2) is 0 Å². The molecule has 0 aromatic rings. The first-order valence-corrected chi connectivity index (χ1v) is 4.81. The van der Waals surface area contributed by atoms with Crippen LogP contribution in [0.2, 0.25) is 0 Å². The van der Waals surface area contributed by atoms with Crippen LogP contribution in [0.25, 0.3) is 0 Å². The van der Waals surface area contributed by atoms with Crippen molar-refractivity contribution in [2.45, 2.75) is 26.2 Å². The van der Waals surface area contributed by atoms with E-state index in [0.717, 1.165) is 26.1 Å². The zero-order valence-corrected chi connectivity index (χ0v) is 8.08. The average molecular weight is 177 g/mol. The van der Waals surface area contributed by atoms with Gasteiger partial charge in [0.1, 0.15) is 5.41 Å². The van der Waals surface area contributed by atoms with Gasteiger partial charge in [-0.2, -0.15) is 10.5 Å². The fourth-order valence-electron chi connectivity index (χ4n) is 1.72. The Morgan fingerprint density at radius 3 is 2.15 bits per heavy atom. The predicted octanol–water partition coefficient (Wildman–Crippen LogP) is 1.53. The highest BCUT2D eigenvalue weighted by Gasteiger charge is 2.34. The Morgan fingerprint density at radius 1 is 1.23 bits per heavy atom. The van der Waals surface area contributed by atoms with Gasteiger partial charge in [-0.15, -0.1) is 0 Å². The Kier molecular flexibility index (Phi) is 3.28. The van der Waals surface area contributed by atoms with Crippen LogP contribution in [0.3, 0.4) is 0 Å². The molecule has 1 aliphatic rings. The summed E-state index contributed by atoms with van der Waals surface area (Å²) < 4.78 is 0. The van der Waals surface area contributed by atoms with Gasteiger partial charge in [-0.05, 0) is 25.8 Å². The van der Waals surface area contributed by atoms with Crippen LogP contribution in [0, 0.1) is 28.1 Å². The summed E-state index contributed by atoms with van der Waals surface area (Å²) in [6.07, 6.45) is 2.56. The quantitative estimate of drug-likeness (QED) is 0.642. The Hall–Kier alpha value is -1.06. The van der Waals surface area contributed by atoms with Crippen LogP contribution in [-0.4, -0.2) is 24.5 Å². The largest absolute Gasteiger partial charge is 0.303 e. The van der Waals surface area contributed by atoms with Crippen LogP contribution in [0.4, 0.5) is 0 Å². The third-order valence-corrected chi connectivity index (χ3v) is 2.68. The molecule has 13 heavy (non-hydrogen) atoms. The molecule has 3 heteroatoms. The smallest absolute Gasteiger partial charge is 0.146 e. The molecular formula is C10H15N3. The number of hydrogen-bond acceptors (Lipinski definition) is 3. The SMILES string of the molecule is CCCN1CCC(C#N)(C#N)CC1. The summed E-state index contributed by atoms with van der Waals surface area (Å²) in [5.74, 6) is 0. The second kappa shape index (κ2) is 4.25. The first-order chi connectivity index (χ1) is 6.26. The summed E-state index contributed by atoms with van der Waals surface area (Å²) >= 11 is 0. The summed E-state index contributed by atoms with van der Waals surface area (Å²) in [5.41, 5.74) is -0.690. The van der Waals surface area contributed by atoms with E-state index < -0.39 is 5.41 Å². The lowest BCUT2D eigenvalue weighted by Crippen LogP contribution is -2.39. The van der Waals surface area contributed by atoms with Crippen molar-refractivity contribution in [2.75, 3.05) is 19.6 Å². The second-order valence-electron chi connectivity index (χ2n) is 3.65. The van der Waals surface area contributed by atoms with Crippen molar-refractivity contribution < 1.29 is 0 Å². The molecule has 1 rings (SSSR count). The normalized spacial score (nSPS) is 21.8. The highest BCUT2D eigenvalue weighted by molar-refractivity contribution is 5.15. The van der Waals surface area contributed by atoms with E-state index in [-0.39, 0.29) is 0 Å². The van der Waals surface area contributed by atoms with Crippen molar-refractivity contribution >= 4 is 0 Å². The summed E-state index contributed by atoms with van der Waals surface area (Å²) in [5, 5.41) is 17.7. The van der Waals surface area contributed by atoms with Crippen LogP contribution in [0.15, 0.2) is 0 Å². The Morgan fingerprint density at radius 2 is 1.77 bits per heavy atom. The molecule has 0 aliphatic carbocycles. The minimum Gasteiger partial charge on any atom is -0.303 e. The molecule has 70 valence electrons. The number of nitriles is 2. The Bertz CT molecular complexity index is 222. The monoisotopic (exact) mass is 177 g/mol. The minimum atomic E-state index is -0.690. The number of nitrogens with zero attached hydrogens (tertiary/aromatic N) is 3. The summed E-state index contributed by atoms with van der Waals surface area (Å²) in [7, 11) is 0. The van der Waals surface area contributed by atoms with E-state index in [1.54, 1.807) is 0 Å². The van der Waals surface area contributed by atoms with Crippen LogP contribution < -0.4 is 0 Å². The molecule has 1 heterocycles. The maximum Gasteiger partial charge on any atom is 0.146 e. The van der Waals surface area contributed by atoms with Gasteiger partial charge in [-0.1, -0.05) is 6.92 Å². The average Bonchev–Trinajstić information content (AvgIpc) is 2.20. The molecule has 3 nitrogen and oxygen atoms in total. The lowest BCUT2D eigenvalue weighted by molar-refractivity contribution is 0.177. The minimum absolute atomic E-state index is 0.690. The highest BCUT2D eigenvalue weighted by atomic mass is 15.1. The van der Waals surface area contributed by atoms with Gasteiger partial charge < -0.3 is 4.90 Å². The number of likely N-dealkylation sites (tertiary alicyclic amines) is 1. The molecule has 1 aliphatic heterocycles. The molecule has 0 spiro atoms. The number of hydrogen-bond donors (Lipinski definition) is 0. The van der Waals surface area contributed by atoms with Crippen LogP contribution >= 0.6 is 0 Å². The fraction of sp³-hybridized carbons (Fsp3) is 0.800. The van der Waals surface area contributed by atoms with E-state index in [4.69, 9.17) is 10.5 Å². The lowest BCUT2D eigenvalue weighted by Gasteiger charge is -2.32. The molecule has 0 bridgehead atoms. The highest BCUT2D eigenvalue weighted by Crippen LogP contribution is 2.29. The topological polar surface area (TPSA) is 50.8 Å². The lowest BCUT2D eigenvalue weighted by atomic mass is 9.81. The zero-order chi connectivity index (χ0) is 9.73. The molecule has 0 saturated carbocycles. The van der Waals surface area contributed by atoms with Gasteiger partial charge in [0.2, 0.25) is 0 Å².